The molecule has 1 atom stereocenters. The molecule has 2 N–H and O–H groups in total. The van der Waals surface area contributed by atoms with Gasteiger partial charge in [0.1, 0.15) is 12.4 Å². The van der Waals surface area contributed by atoms with Gasteiger partial charge in [0.25, 0.3) is 11.8 Å². The maximum Gasteiger partial charge on any atom is 0.326 e. The Bertz CT molecular complexity index is 923. The quantitative estimate of drug-likeness (QED) is 0.673. The lowest BCUT2D eigenvalue weighted by Gasteiger charge is -2.16. The van der Waals surface area contributed by atoms with Gasteiger partial charge in [-0.2, -0.15) is 5.10 Å². The Morgan fingerprint density at radius 3 is 2.69 bits per heavy atom. The zero-order valence-electron chi connectivity index (χ0n) is 16.3. The number of rotatable bonds is 7. The largest absolute Gasteiger partial charge is 0.454 e. The molecule has 10 nitrogen and oxygen atoms in total. The third-order valence-corrected chi connectivity index (χ3v) is 4.12. The van der Waals surface area contributed by atoms with Crippen molar-refractivity contribution in [2.75, 3.05) is 18.7 Å². The molecule has 0 spiro atoms. The summed E-state index contributed by atoms with van der Waals surface area (Å²) in [6.07, 6.45) is 0.526. The van der Waals surface area contributed by atoms with Gasteiger partial charge >= 0.3 is 5.97 Å². The van der Waals surface area contributed by atoms with Crippen LogP contribution in [0.15, 0.2) is 30.5 Å². The Morgan fingerprint density at radius 2 is 1.93 bits per heavy atom. The molecule has 0 saturated carbocycles. The van der Waals surface area contributed by atoms with Gasteiger partial charge in [0.05, 0.1) is 6.20 Å². The highest BCUT2D eigenvalue weighted by molar-refractivity contribution is 5.97. The number of esters is 1. The third-order valence-electron chi connectivity index (χ3n) is 4.12. The number of nitrogens with one attached hydrogen (secondary N) is 2. The van der Waals surface area contributed by atoms with Gasteiger partial charge in [0.2, 0.25) is 6.79 Å². The Hall–Kier alpha value is -3.56. The summed E-state index contributed by atoms with van der Waals surface area (Å²) in [5.41, 5.74) is 0.315. The van der Waals surface area contributed by atoms with Crippen molar-refractivity contribution in [3.8, 4) is 11.5 Å². The van der Waals surface area contributed by atoms with E-state index in [2.05, 4.69) is 15.7 Å². The first kappa shape index (κ1) is 20.2. The number of aromatic nitrogens is 2. The van der Waals surface area contributed by atoms with Gasteiger partial charge in [-0.1, -0.05) is 0 Å². The van der Waals surface area contributed by atoms with E-state index in [4.69, 9.17) is 14.2 Å². The summed E-state index contributed by atoms with van der Waals surface area (Å²) in [4.78, 5) is 36.4. The summed E-state index contributed by atoms with van der Waals surface area (Å²) in [5, 5.41) is 9.23. The molecule has 1 aromatic heterocycles. The minimum absolute atomic E-state index is 0.0598. The molecule has 29 heavy (non-hydrogen) atoms. The molecule has 2 amide bonds. The SMILES string of the molecule is CC(C)n1nccc1NC(=O)[C@@H](C)OC(=O)CNC(=O)c1ccc2c(c1)OCO2. The summed E-state index contributed by atoms with van der Waals surface area (Å²) in [5.74, 6) is -0.185. The normalized spacial score (nSPS) is 13.1. The second-order valence-corrected chi connectivity index (χ2v) is 6.63. The first-order valence-corrected chi connectivity index (χ1v) is 9.07. The number of nitrogens with zero attached hydrogens (tertiary/aromatic N) is 2. The molecule has 154 valence electrons. The van der Waals surface area contributed by atoms with Crippen LogP contribution < -0.4 is 20.1 Å². The molecular weight excluding hydrogens is 380 g/mol. The van der Waals surface area contributed by atoms with Gasteiger partial charge in [0, 0.05) is 17.7 Å². The number of hydrogen-bond acceptors (Lipinski definition) is 7. The van der Waals surface area contributed by atoms with E-state index in [0.717, 1.165) is 0 Å². The number of fused-ring (bicyclic) bond motifs is 1. The maximum absolute atomic E-state index is 12.2. The fourth-order valence-corrected chi connectivity index (χ4v) is 2.64. The zero-order chi connectivity index (χ0) is 21.0. The van der Waals surface area contributed by atoms with Crippen molar-refractivity contribution in [3.63, 3.8) is 0 Å². The van der Waals surface area contributed by atoms with E-state index in [1.807, 2.05) is 13.8 Å². The predicted octanol–water partition coefficient (Wildman–Crippen LogP) is 1.49. The smallest absolute Gasteiger partial charge is 0.326 e. The fraction of sp³-hybridized carbons (Fsp3) is 0.368. The standard InChI is InChI=1S/C19H22N4O6/c1-11(2)23-16(6-7-21-23)22-18(25)12(3)29-17(24)9-20-19(26)13-4-5-14-15(8-13)28-10-27-14/h4-8,11-12H,9-10H2,1-3H3,(H,20,26)(H,22,25)/t12-/m1/s1. The molecule has 0 fully saturated rings. The summed E-state index contributed by atoms with van der Waals surface area (Å²) in [7, 11) is 0. The van der Waals surface area contributed by atoms with E-state index >= 15 is 0 Å². The molecule has 0 bridgehead atoms. The number of hydrogen-bond donors (Lipinski definition) is 2. The molecule has 1 aliphatic heterocycles. The van der Waals surface area contributed by atoms with Crippen LogP contribution in [-0.4, -0.2) is 47.0 Å². The summed E-state index contributed by atoms with van der Waals surface area (Å²) < 4.78 is 17.1. The maximum atomic E-state index is 12.2. The van der Waals surface area contributed by atoms with Crippen molar-refractivity contribution in [3.05, 3.63) is 36.0 Å². The lowest BCUT2D eigenvalue weighted by molar-refractivity contribution is -0.152. The molecule has 0 aliphatic carbocycles. The lowest BCUT2D eigenvalue weighted by Crippen LogP contribution is -2.36. The van der Waals surface area contributed by atoms with Gasteiger partial charge in [-0.3, -0.25) is 14.4 Å². The third kappa shape index (κ3) is 4.84. The van der Waals surface area contributed by atoms with E-state index in [0.29, 0.717) is 22.9 Å². The van der Waals surface area contributed by atoms with Crippen LogP contribution in [0.2, 0.25) is 0 Å². The molecule has 3 rings (SSSR count). The summed E-state index contributed by atoms with van der Waals surface area (Å²) in [6, 6.07) is 6.41. The van der Waals surface area contributed by atoms with Gasteiger partial charge < -0.3 is 24.8 Å². The monoisotopic (exact) mass is 402 g/mol. The molecule has 1 aliphatic rings. The van der Waals surface area contributed by atoms with Crippen LogP contribution in [0, 0.1) is 0 Å². The Balaban J connectivity index is 1.47. The van der Waals surface area contributed by atoms with Crippen molar-refractivity contribution in [2.45, 2.75) is 32.9 Å². The van der Waals surface area contributed by atoms with Crippen molar-refractivity contribution in [1.82, 2.24) is 15.1 Å². The fourth-order valence-electron chi connectivity index (χ4n) is 2.64. The van der Waals surface area contributed by atoms with E-state index < -0.39 is 23.9 Å². The lowest BCUT2D eigenvalue weighted by atomic mass is 10.2. The van der Waals surface area contributed by atoms with Crippen molar-refractivity contribution in [2.24, 2.45) is 0 Å². The number of carbonyl (C=O) groups excluding carboxylic acids is 3. The zero-order valence-corrected chi connectivity index (χ0v) is 16.3. The Labute approximate surface area is 167 Å². The first-order valence-electron chi connectivity index (χ1n) is 9.07. The first-order chi connectivity index (χ1) is 13.8. The molecule has 0 radical (unpaired) electrons. The van der Waals surface area contributed by atoms with E-state index in [1.165, 1.54) is 13.0 Å². The minimum atomic E-state index is -1.04. The van der Waals surface area contributed by atoms with E-state index in [-0.39, 0.29) is 19.4 Å². The van der Waals surface area contributed by atoms with E-state index in [9.17, 15) is 14.4 Å². The van der Waals surface area contributed by atoms with Crippen LogP contribution >= 0.6 is 0 Å². The second-order valence-electron chi connectivity index (χ2n) is 6.63. The van der Waals surface area contributed by atoms with Crippen LogP contribution in [0.4, 0.5) is 5.82 Å². The topological polar surface area (TPSA) is 121 Å². The molecular formula is C19H22N4O6. The molecule has 0 saturated heterocycles. The predicted molar refractivity (Wildman–Crippen MR) is 102 cm³/mol. The average molecular weight is 402 g/mol. The van der Waals surface area contributed by atoms with E-state index in [1.54, 1.807) is 29.1 Å². The number of amides is 2. The van der Waals surface area contributed by atoms with Crippen molar-refractivity contribution >= 4 is 23.6 Å². The highest BCUT2D eigenvalue weighted by Crippen LogP contribution is 2.32. The molecule has 0 unspecified atom stereocenters. The van der Waals surface area contributed by atoms with Crippen molar-refractivity contribution < 1.29 is 28.6 Å². The van der Waals surface area contributed by atoms with Crippen LogP contribution in [0.25, 0.3) is 0 Å². The highest BCUT2D eigenvalue weighted by Gasteiger charge is 2.21. The van der Waals surface area contributed by atoms with Gasteiger partial charge in [-0.05, 0) is 39.0 Å². The molecule has 1 aromatic carbocycles. The second kappa shape index (κ2) is 8.63. The average Bonchev–Trinajstić information content (AvgIpc) is 3.34. The molecule has 10 heteroatoms. The van der Waals surface area contributed by atoms with Gasteiger partial charge in [0.15, 0.2) is 17.6 Å². The highest BCUT2D eigenvalue weighted by atomic mass is 16.7. The van der Waals surface area contributed by atoms with Crippen LogP contribution in [-0.2, 0) is 14.3 Å². The van der Waals surface area contributed by atoms with Crippen LogP contribution in [0.3, 0.4) is 0 Å². The number of ether oxygens (including phenoxy) is 3. The Morgan fingerprint density at radius 1 is 1.17 bits per heavy atom. The van der Waals surface area contributed by atoms with Gasteiger partial charge in [-0.15, -0.1) is 0 Å². The molecule has 2 heterocycles. The van der Waals surface area contributed by atoms with Gasteiger partial charge in [-0.25, -0.2) is 4.68 Å². The number of carbonyl (C=O) groups is 3. The molecule has 2 aromatic rings. The number of anilines is 1. The van der Waals surface area contributed by atoms with Crippen LogP contribution in [0.1, 0.15) is 37.2 Å². The van der Waals surface area contributed by atoms with Crippen molar-refractivity contribution in [1.29, 1.82) is 0 Å². The van der Waals surface area contributed by atoms with Crippen LogP contribution in [0.5, 0.6) is 11.5 Å². The Kier molecular flexibility index (Phi) is 6.01. The minimum Gasteiger partial charge on any atom is -0.454 e. The summed E-state index contributed by atoms with van der Waals surface area (Å²) >= 11 is 0. The number of benzene rings is 1. The summed E-state index contributed by atoms with van der Waals surface area (Å²) in [6.45, 7) is 5.02.